The summed E-state index contributed by atoms with van der Waals surface area (Å²) in [6.45, 7) is 5.78. The smallest absolute Gasteiger partial charge is 0.00461 e. The van der Waals surface area contributed by atoms with E-state index in [0.717, 1.165) is 24.3 Å². The third-order valence-corrected chi connectivity index (χ3v) is 4.12. The Kier molecular flexibility index (Phi) is 2.39. The van der Waals surface area contributed by atoms with Gasteiger partial charge in [0.25, 0.3) is 0 Å². The molecule has 2 rings (SSSR count). The van der Waals surface area contributed by atoms with Gasteiger partial charge in [0, 0.05) is 0 Å². The Balaban J connectivity index is 2.00. The Morgan fingerprint density at radius 2 is 1.92 bits per heavy atom. The normalized spacial score (nSPS) is 39.0. The summed E-state index contributed by atoms with van der Waals surface area (Å²) in [5.41, 5.74) is 6.44. The highest BCUT2D eigenvalue weighted by Gasteiger charge is 2.42. The van der Waals surface area contributed by atoms with Gasteiger partial charge in [0.15, 0.2) is 0 Å². The van der Waals surface area contributed by atoms with Crippen molar-refractivity contribution in [1.82, 2.24) is 0 Å². The first kappa shape index (κ1) is 9.51. The van der Waals surface area contributed by atoms with Gasteiger partial charge >= 0.3 is 0 Å². The lowest BCUT2D eigenvalue weighted by atomic mass is 9.65. The number of hydrogen-bond donors (Lipinski definition) is 1. The molecule has 13 heavy (non-hydrogen) atoms. The van der Waals surface area contributed by atoms with E-state index in [-0.39, 0.29) is 0 Å². The molecule has 0 spiro atoms. The van der Waals surface area contributed by atoms with Gasteiger partial charge in [-0.05, 0) is 61.8 Å². The molecule has 1 nitrogen and oxygen atoms in total. The van der Waals surface area contributed by atoms with Crippen LogP contribution in [0.3, 0.4) is 0 Å². The maximum absolute atomic E-state index is 5.85. The van der Waals surface area contributed by atoms with Crippen molar-refractivity contribution in [3.05, 3.63) is 0 Å². The van der Waals surface area contributed by atoms with Crippen LogP contribution in [-0.4, -0.2) is 6.54 Å². The Labute approximate surface area is 82.1 Å². The number of rotatable bonds is 2. The third kappa shape index (κ3) is 2.07. The van der Waals surface area contributed by atoms with Crippen molar-refractivity contribution in [2.45, 2.75) is 46.0 Å². The van der Waals surface area contributed by atoms with Crippen LogP contribution in [-0.2, 0) is 0 Å². The van der Waals surface area contributed by atoms with Gasteiger partial charge in [0.1, 0.15) is 0 Å². The maximum atomic E-state index is 5.85. The van der Waals surface area contributed by atoms with Crippen LogP contribution in [0.15, 0.2) is 0 Å². The zero-order valence-corrected chi connectivity index (χ0v) is 9.05. The Morgan fingerprint density at radius 3 is 2.46 bits per heavy atom. The zero-order valence-electron chi connectivity index (χ0n) is 9.05. The molecule has 2 fully saturated rings. The van der Waals surface area contributed by atoms with E-state index in [4.69, 9.17) is 5.73 Å². The molecule has 0 aliphatic heterocycles. The quantitative estimate of drug-likeness (QED) is 0.696. The zero-order chi connectivity index (χ0) is 9.47. The molecule has 2 saturated carbocycles. The fourth-order valence-electron chi connectivity index (χ4n) is 3.07. The van der Waals surface area contributed by atoms with Gasteiger partial charge in [-0.1, -0.05) is 13.8 Å². The highest BCUT2D eigenvalue weighted by atomic mass is 14.6. The molecule has 0 aromatic heterocycles. The molecule has 0 aromatic carbocycles. The molecule has 1 heteroatoms. The standard InChI is InChI=1S/C12H23N/c1-12(2)6-5-10(8-13)11(7-12)9-3-4-9/h9-11H,3-8,13H2,1-2H3. The molecule has 0 saturated heterocycles. The average Bonchev–Trinajstić information content (AvgIpc) is 2.85. The third-order valence-electron chi connectivity index (χ3n) is 4.12. The van der Waals surface area contributed by atoms with Gasteiger partial charge in [-0.25, -0.2) is 0 Å². The van der Waals surface area contributed by atoms with Crippen molar-refractivity contribution < 1.29 is 0 Å². The molecular formula is C12H23N. The molecule has 76 valence electrons. The fraction of sp³-hybridized carbons (Fsp3) is 1.00. The Bertz CT molecular complexity index is 182. The monoisotopic (exact) mass is 181 g/mol. The van der Waals surface area contributed by atoms with Crippen molar-refractivity contribution in [2.75, 3.05) is 6.54 Å². The molecule has 0 aromatic rings. The Hall–Kier alpha value is -0.0400. The summed E-state index contributed by atoms with van der Waals surface area (Å²) in [4.78, 5) is 0. The van der Waals surface area contributed by atoms with Crippen LogP contribution in [0.2, 0.25) is 0 Å². The molecule has 2 atom stereocenters. The number of hydrogen-bond acceptors (Lipinski definition) is 1. The summed E-state index contributed by atoms with van der Waals surface area (Å²) < 4.78 is 0. The number of nitrogens with two attached hydrogens (primary N) is 1. The van der Waals surface area contributed by atoms with Crippen molar-refractivity contribution in [3.63, 3.8) is 0 Å². The highest BCUT2D eigenvalue weighted by molar-refractivity contribution is 4.93. The van der Waals surface area contributed by atoms with Crippen LogP contribution >= 0.6 is 0 Å². The minimum Gasteiger partial charge on any atom is -0.330 e. The lowest BCUT2D eigenvalue weighted by Gasteiger charge is -2.40. The Morgan fingerprint density at radius 1 is 1.23 bits per heavy atom. The maximum Gasteiger partial charge on any atom is -0.00461 e. The minimum atomic E-state index is 0.596. The summed E-state index contributed by atoms with van der Waals surface area (Å²) >= 11 is 0. The largest absolute Gasteiger partial charge is 0.330 e. The van der Waals surface area contributed by atoms with Crippen molar-refractivity contribution in [2.24, 2.45) is 28.9 Å². The average molecular weight is 181 g/mol. The molecule has 2 aliphatic carbocycles. The lowest BCUT2D eigenvalue weighted by molar-refractivity contribution is 0.106. The van der Waals surface area contributed by atoms with Crippen LogP contribution in [0.1, 0.15) is 46.0 Å². The second kappa shape index (κ2) is 3.27. The summed E-state index contributed by atoms with van der Waals surface area (Å²) in [7, 11) is 0. The van der Waals surface area contributed by atoms with Crippen LogP contribution in [0.4, 0.5) is 0 Å². The van der Waals surface area contributed by atoms with Crippen LogP contribution in [0.25, 0.3) is 0 Å². The molecule has 2 N–H and O–H groups in total. The van der Waals surface area contributed by atoms with E-state index >= 15 is 0 Å². The van der Waals surface area contributed by atoms with E-state index in [0.29, 0.717) is 5.41 Å². The van der Waals surface area contributed by atoms with Gasteiger partial charge < -0.3 is 5.73 Å². The van der Waals surface area contributed by atoms with Crippen molar-refractivity contribution in [1.29, 1.82) is 0 Å². The van der Waals surface area contributed by atoms with Gasteiger partial charge in [0.2, 0.25) is 0 Å². The highest BCUT2D eigenvalue weighted by Crippen LogP contribution is 2.51. The van der Waals surface area contributed by atoms with Crippen LogP contribution < -0.4 is 5.73 Å². The first-order valence-corrected chi connectivity index (χ1v) is 5.82. The summed E-state index contributed by atoms with van der Waals surface area (Å²) in [5.74, 6) is 2.86. The molecule has 0 amide bonds. The topological polar surface area (TPSA) is 26.0 Å². The molecule has 0 bridgehead atoms. The van der Waals surface area contributed by atoms with Gasteiger partial charge in [-0.3, -0.25) is 0 Å². The van der Waals surface area contributed by atoms with Crippen molar-refractivity contribution in [3.8, 4) is 0 Å². The molecule has 0 heterocycles. The first-order valence-electron chi connectivity index (χ1n) is 5.82. The molecule has 2 aliphatic rings. The molecule has 0 radical (unpaired) electrons. The molecule has 2 unspecified atom stereocenters. The van der Waals surface area contributed by atoms with E-state index in [1.54, 1.807) is 0 Å². The van der Waals surface area contributed by atoms with Crippen LogP contribution in [0.5, 0.6) is 0 Å². The van der Waals surface area contributed by atoms with E-state index in [1.807, 2.05) is 0 Å². The first-order chi connectivity index (χ1) is 6.12. The second-order valence-corrected chi connectivity index (χ2v) is 5.90. The van der Waals surface area contributed by atoms with Crippen molar-refractivity contribution >= 4 is 0 Å². The summed E-state index contributed by atoms with van der Waals surface area (Å²) in [5, 5.41) is 0. The lowest BCUT2D eigenvalue weighted by Crippen LogP contribution is -2.35. The summed E-state index contributed by atoms with van der Waals surface area (Å²) in [6.07, 6.45) is 7.16. The van der Waals surface area contributed by atoms with E-state index in [2.05, 4.69) is 13.8 Å². The summed E-state index contributed by atoms with van der Waals surface area (Å²) in [6, 6.07) is 0. The predicted octanol–water partition coefficient (Wildman–Crippen LogP) is 2.80. The fourth-order valence-corrected chi connectivity index (χ4v) is 3.07. The van der Waals surface area contributed by atoms with E-state index in [9.17, 15) is 0 Å². The second-order valence-electron chi connectivity index (χ2n) is 5.90. The SMILES string of the molecule is CC1(C)CCC(CN)C(C2CC2)C1. The predicted molar refractivity (Wildman–Crippen MR) is 56.4 cm³/mol. The van der Waals surface area contributed by atoms with Crippen LogP contribution in [0, 0.1) is 23.2 Å². The minimum absolute atomic E-state index is 0.596. The van der Waals surface area contributed by atoms with Gasteiger partial charge in [-0.2, -0.15) is 0 Å². The van der Waals surface area contributed by atoms with E-state index < -0.39 is 0 Å². The van der Waals surface area contributed by atoms with Gasteiger partial charge in [-0.15, -0.1) is 0 Å². The van der Waals surface area contributed by atoms with E-state index in [1.165, 1.54) is 32.1 Å². The van der Waals surface area contributed by atoms with Gasteiger partial charge in [0.05, 0.1) is 0 Å². The molecular weight excluding hydrogens is 158 g/mol.